The lowest BCUT2D eigenvalue weighted by Gasteiger charge is -2.32. The van der Waals surface area contributed by atoms with Gasteiger partial charge in [-0.05, 0) is 74.7 Å². The maximum absolute atomic E-state index is 5.66. The van der Waals surface area contributed by atoms with Gasteiger partial charge < -0.3 is 5.73 Å². The van der Waals surface area contributed by atoms with Crippen molar-refractivity contribution in [2.75, 3.05) is 19.6 Å². The average molecular weight is 258 g/mol. The molecule has 2 fully saturated rings. The number of likely N-dealkylation sites (tertiary alicyclic amines) is 1. The van der Waals surface area contributed by atoms with Crippen molar-refractivity contribution in [3.8, 4) is 0 Å². The van der Waals surface area contributed by atoms with Gasteiger partial charge in [-0.15, -0.1) is 0 Å². The second kappa shape index (κ2) is 6.06. The molecule has 2 N–H and O–H groups in total. The minimum absolute atomic E-state index is 0.856. The maximum Gasteiger partial charge on any atom is 0.0236 e. The van der Waals surface area contributed by atoms with E-state index in [9.17, 15) is 0 Å². The third-order valence-electron chi connectivity index (χ3n) is 4.75. The molecule has 0 spiro atoms. The second-order valence-electron chi connectivity index (χ2n) is 6.27. The molecule has 1 heterocycles. The predicted octanol–water partition coefficient (Wildman–Crippen LogP) is 3.12. The highest BCUT2D eigenvalue weighted by atomic mass is 15.1. The van der Waals surface area contributed by atoms with Crippen LogP contribution in [0.3, 0.4) is 0 Å². The number of hydrogen-bond acceptors (Lipinski definition) is 2. The number of nitrogens with two attached hydrogens (primary N) is 1. The minimum atomic E-state index is 0.856. The Hall–Kier alpha value is -0.860. The van der Waals surface area contributed by atoms with Gasteiger partial charge in [-0.1, -0.05) is 24.3 Å². The van der Waals surface area contributed by atoms with E-state index in [2.05, 4.69) is 29.2 Å². The summed E-state index contributed by atoms with van der Waals surface area (Å²) in [7, 11) is 0. The monoisotopic (exact) mass is 258 g/mol. The molecule has 1 saturated carbocycles. The van der Waals surface area contributed by atoms with Gasteiger partial charge in [0.1, 0.15) is 0 Å². The van der Waals surface area contributed by atoms with Crippen molar-refractivity contribution in [2.24, 2.45) is 11.7 Å². The standard InChI is InChI=1S/C17H26N2/c18-10-7-14-8-11-19(12-9-14)13-16-3-1-2-4-17(16)15-5-6-15/h1-4,14-15H,5-13,18H2. The summed E-state index contributed by atoms with van der Waals surface area (Å²) in [5.74, 6) is 1.74. The summed E-state index contributed by atoms with van der Waals surface area (Å²) in [5, 5.41) is 0. The Bertz CT molecular complexity index is 403. The van der Waals surface area contributed by atoms with Crippen molar-refractivity contribution in [3.63, 3.8) is 0 Å². The van der Waals surface area contributed by atoms with Crippen molar-refractivity contribution in [2.45, 2.75) is 44.6 Å². The van der Waals surface area contributed by atoms with Gasteiger partial charge in [0.25, 0.3) is 0 Å². The Kier molecular flexibility index (Phi) is 4.19. The summed E-state index contributed by atoms with van der Waals surface area (Å²) >= 11 is 0. The first kappa shape index (κ1) is 13.1. The lowest BCUT2D eigenvalue weighted by Crippen LogP contribution is -2.34. The zero-order valence-corrected chi connectivity index (χ0v) is 11.9. The van der Waals surface area contributed by atoms with Crippen molar-refractivity contribution in [3.05, 3.63) is 35.4 Å². The molecular formula is C17H26N2. The highest BCUT2D eigenvalue weighted by Crippen LogP contribution is 2.41. The van der Waals surface area contributed by atoms with Gasteiger partial charge in [-0.3, -0.25) is 4.90 Å². The fraction of sp³-hybridized carbons (Fsp3) is 0.647. The molecule has 1 aliphatic carbocycles. The van der Waals surface area contributed by atoms with Crippen LogP contribution in [0.25, 0.3) is 0 Å². The van der Waals surface area contributed by atoms with E-state index in [1.807, 2.05) is 0 Å². The van der Waals surface area contributed by atoms with Crippen LogP contribution in [0.1, 0.15) is 49.1 Å². The van der Waals surface area contributed by atoms with Crippen LogP contribution in [-0.4, -0.2) is 24.5 Å². The molecule has 1 saturated heterocycles. The highest BCUT2D eigenvalue weighted by molar-refractivity contribution is 5.33. The van der Waals surface area contributed by atoms with Crippen LogP contribution in [0, 0.1) is 5.92 Å². The average Bonchev–Trinajstić information content (AvgIpc) is 3.26. The topological polar surface area (TPSA) is 29.3 Å². The van der Waals surface area contributed by atoms with Crippen molar-refractivity contribution in [1.82, 2.24) is 4.90 Å². The molecule has 0 unspecified atom stereocenters. The van der Waals surface area contributed by atoms with E-state index in [0.717, 1.165) is 24.9 Å². The van der Waals surface area contributed by atoms with Gasteiger partial charge in [0.05, 0.1) is 0 Å². The van der Waals surface area contributed by atoms with Crippen LogP contribution in [0.5, 0.6) is 0 Å². The zero-order valence-electron chi connectivity index (χ0n) is 11.9. The fourth-order valence-electron chi connectivity index (χ4n) is 3.38. The first-order valence-electron chi connectivity index (χ1n) is 7.87. The Balaban J connectivity index is 1.57. The van der Waals surface area contributed by atoms with Gasteiger partial charge >= 0.3 is 0 Å². The minimum Gasteiger partial charge on any atom is -0.330 e. The summed E-state index contributed by atoms with van der Waals surface area (Å²) in [6.07, 6.45) is 6.68. The largest absolute Gasteiger partial charge is 0.330 e. The fourth-order valence-corrected chi connectivity index (χ4v) is 3.38. The lowest BCUT2D eigenvalue weighted by atomic mass is 9.93. The van der Waals surface area contributed by atoms with Crippen LogP contribution in [-0.2, 0) is 6.54 Å². The Morgan fingerprint density at radius 3 is 2.47 bits per heavy atom. The first-order valence-corrected chi connectivity index (χ1v) is 7.87. The summed E-state index contributed by atoms with van der Waals surface area (Å²) in [4.78, 5) is 2.63. The molecule has 1 aromatic carbocycles. The van der Waals surface area contributed by atoms with E-state index >= 15 is 0 Å². The molecular weight excluding hydrogens is 232 g/mol. The van der Waals surface area contributed by atoms with Crippen molar-refractivity contribution >= 4 is 0 Å². The third kappa shape index (κ3) is 3.37. The Morgan fingerprint density at radius 2 is 1.79 bits per heavy atom. The zero-order chi connectivity index (χ0) is 13.1. The van der Waals surface area contributed by atoms with Crippen LogP contribution >= 0.6 is 0 Å². The van der Waals surface area contributed by atoms with Gasteiger partial charge in [-0.2, -0.15) is 0 Å². The molecule has 0 bridgehead atoms. The molecule has 3 rings (SSSR count). The number of hydrogen-bond donors (Lipinski definition) is 1. The molecule has 2 nitrogen and oxygen atoms in total. The predicted molar refractivity (Wildman–Crippen MR) is 80.1 cm³/mol. The van der Waals surface area contributed by atoms with E-state index in [1.54, 1.807) is 11.1 Å². The Morgan fingerprint density at radius 1 is 1.05 bits per heavy atom. The summed E-state index contributed by atoms with van der Waals surface area (Å²) in [6.45, 7) is 4.52. The van der Waals surface area contributed by atoms with E-state index in [1.165, 1.54) is 45.2 Å². The first-order chi connectivity index (χ1) is 9.36. The van der Waals surface area contributed by atoms with E-state index < -0.39 is 0 Å². The molecule has 0 aromatic heterocycles. The highest BCUT2D eigenvalue weighted by Gasteiger charge is 2.26. The van der Waals surface area contributed by atoms with E-state index in [4.69, 9.17) is 5.73 Å². The Labute approximate surface area is 117 Å². The molecule has 2 heteroatoms. The maximum atomic E-state index is 5.66. The van der Waals surface area contributed by atoms with Crippen molar-refractivity contribution < 1.29 is 0 Å². The lowest BCUT2D eigenvalue weighted by molar-refractivity contribution is 0.173. The van der Waals surface area contributed by atoms with Crippen LogP contribution in [0.15, 0.2) is 24.3 Å². The third-order valence-corrected chi connectivity index (χ3v) is 4.75. The molecule has 1 aromatic rings. The van der Waals surface area contributed by atoms with Crippen molar-refractivity contribution in [1.29, 1.82) is 0 Å². The van der Waals surface area contributed by atoms with Gasteiger partial charge in [-0.25, -0.2) is 0 Å². The molecule has 1 aliphatic heterocycles. The summed E-state index contributed by atoms with van der Waals surface area (Å²) < 4.78 is 0. The normalized spacial score (nSPS) is 21.7. The SMILES string of the molecule is NCCC1CCN(Cc2ccccc2C2CC2)CC1. The molecule has 0 atom stereocenters. The van der Waals surface area contributed by atoms with Crippen LogP contribution in [0.2, 0.25) is 0 Å². The van der Waals surface area contributed by atoms with Crippen LogP contribution in [0.4, 0.5) is 0 Å². The smallest absolute Gasteiger partial charge is 0.0236 e. The van der Waals surface area contributed by atoms with Gasteiger partial charge in [0.2, 0.25) is 0 Å². The molecule has 104 valence electrons. The van der Waals surface area contributed by atoms with E-state index in [-0.39, 0.29) is 0 Å². The number of rotatable bonds is 5. The number of benzene rings is 1. The molecule has 2 aliphatic rings. The molecule has 19 heavy (non-hydrogen) atoms. The quantitative estimate of drug-likeness (QED) is 0.879. The summed E-state index contributed by atoms with van der Waals surface area (Å²) in [6, 6.07) is 9.07. The van der Waals surface area contributed by atoms with Crippen LogP contribution < -0.4 is 5.73 Å². The molecule has 0 radical (unpaired) electrons. The summed E-state index contributed by atoms with van der Waals surface area (Å²) in [5.41, 5.74) is 8.85. The van der Waals surface area contributed by atoms with Gasteiger partial charge in [0, 0.05) is 6.54 Å². The van der Waals surface area contributed by atoms with Gasteiger partial charge in [0.15, 0.2) is 0 Å². The number of nitrogens with zero attached hydrogens (tertiary/aromatic N) is 1. The van der Waals surface area contributed by atoms with E-state index in [0.29, 0.717) is 0 Å². The molecule has 0 amide bonds. The second-order valence-corrected chi connectivity index (χ2v) is 6.27. The number of piperidine rings is 1.